The summed E-state index contributed by atoms with van der Waals surface area (Å²) in [6, 6.07) is 1.65. The lowest BCUT2D eigenvalue weighted by Crippen LogP contribution is -2.51. The van der Waals surface area contributed by atoms with E-state index in [1.165, 1.54) is 16.4 Å². The minimum absolute atomic E-state index is 0.417. The molecular formula is C11H29N3Si. The van der Waals surface area contributed by atoms with Gasteiger partial charge in [-0.15, -0.1) is 0 Å². The monoisotopic (exact) mass is 231 g/mol. The zero-order valence-electron chi connectivity index (χ0n) is 11.2. The van der Waals surface area contributed by atoms with Gasteiger partial charge in [-0.05, 0) is 47.2 Å². The van der Waals surface area contributed by atoms with Crippen molar-refractivity contribution in [2.75, 3.05) is 6.17 Å². The van der Waals surface area contributed by atoms with Gasteiger partial charge in [-0.1, -0.05) is 0 Å². The lowest BCUT2D eigenvalue weighted by Gasteiger charge is -2.27. The molecule has 0 rings (SSSR count). The van der Waals surface area contributed by atoms with Crippen molar-refractivity contribution >= 4 is 10.2 Å². The molecule has 0 saturated heterocycles. The van der Waals surface area contributed by atoms with E-state index >= 15 is 0 Å². The van der Waals surface area contributed by atoms with Crippen LogP contribution in [-0.2, 0) is 0 Å². The molecule has 0 fully saturated rings. The fourth-order valence-electron chi connectivity index (χ4n) is 1.77. The van der Waals surface area contributed by atoms with E-state index in [0.717, 1.165) is 6.42 Å². The molecule has 0 radical (unpaired) electrons. The molecule has 0 aromatic carbocycles. The largest absolute Gasteiger partial charge is 0.318 e. The van der Waals surface area contributed by atoms with Crippen LogP contribution in [0.25, 0.3) is 0 Å². The fourth-order valence-corrected chi connectivity index (χ4v) is 2.47. The molecule has 15 heavy (non-hydrogen) atoms. The quantitative estimate of drug-likeness (QED) is 0.407. The Hall–Kier alpha value is 0.0969. The molecule has 0 aromatic heterocycles. The molecule has 0 aromatic rings. The summed E-state index contributed by atoms with van der Waals surface area (Å²) < 4.78 is 0. The first-order valence-corrected chi connectivity index (χ1v) is 7.62. The van der Waals surface area contributed by atoms with Crippen LogP contribution >= 0.6 is 0 Å². The minimum Gasteiger partial charge on any atom is -0.318 e. The molecule has 1 atom stereocenters. The van der Waals surface area contributed by atoms with Crippen LogP contribution in [0.5, 0.6) is 0 Å². The Morgan fingerprint density at radius 1 is 0.933 bits per heavy atom. The van der Waals surface area contributed by atoms with Crippen molar-refractivity contribution in [3.63, 3.8) is 0 Å². The van der Waals surface area contributed by atoms with E-state index in [9.17, 15) is 0 Å². The maximum atomic E-state index is 3.56. The third-order valence-electron chi connectivity index (χ3n) is 2.21. The van der Waals surface area contributed by atoms with Gasteiger partial charge in [0.1, 0.15) is 0 Å². The van der Waals surface area contributed by atoms with Gasteiger partial charge in [-0.2, -0.15) is 0 Å². The van der Waals surface area contributed by atoms with Crippen LogP contribution in [0.15, 0.2) is 0 Å². The summed E-state index contributed by atoms with van der Waals surface area (Å²) in [6.07, 6.45) is 2.73. The Morgan fingerprint density at radius 3 is 1.73 bits per heavy atom. The molecule has 0 aliphatic heterocycles. The predicted molar refractivity (Wildman–Crippen MR) is 72.4 cm³/mol. The first kappa shape index (κ1) is 15.1. The van der Waals surface area contributed by atoms with Crippen LogP contribution < -0.4 is 16.0 Å². The second-order valence-electron chi connectivity index (χ2n) is 4.89. The Morgan fingerprint density at radius 2 is 1.40 bits per heavy atom. The number of hydrogen-bond acceptors (Lipinski definition) is 3. The normalized spacial score (nSPS) is 14.4. The highest BCUT2D eigenvalue weighted by Crippen LogP contribution is 1.98. The van der Waals surface area contributed by atoms with Crippen LogP contribution in [0, 0.1) is 0 Å². The third-order valence-corrected chi connectivity index (χ3v) is 2.62. The molecule has 0 spiro atoms. The standard InChI is InChI=1S/C11H29N3Si/c1-8(2)13-11(14-9(3)4)6-10(5)12-7-15/h8-14H,6-7H2,1-5,15H3. The highest BCUT2D eigenvalue weighted by atomic mass is 28.1. The Labute approximate surface area is 98.2 Å². The van der Waals surface area contributed by atoms with E-state index in [4.69, 9.17) is 0 Å². The number of rotatable bonds is 8. The Kier molecular flexibility index (Phi) is 8.33. The summed E-state index contributed by atoms with van der Waals surface area (Å²) in [5.41, 5.74) is 0. The van der Waals surface area contributed by atoms with Gasteiger partial charge < -0.3 is 5.32 Å². The summed E-state index contributed by atoms with van der Waals surface area (Å²) in [5.74, 6) is 0. The SMILES string of the molecule is CC(C)NC(CC(C)NC[SiH3])NC(C)C. The lowest BCUT2D eigenvalue weighted by atomic mass is 10.1. The van der Waals surface area contributed by atoms with Crippen molar-refractivity contribution in [2.24, 2.45) is 0 Å². The molecule has 3 nitrogen and oxygen atoms in total. The zero-order valence-corrected chi connectivity index (χ0v) is 13.2. The van der Waals surface area contributed by atoms with Gasteiger partial charge in [0.05, 0.1) is 6.17 Å². The van der Waals surface area contributed by atoms with Crippen LogP contribution in [0.4, 0.5) is 0 Å². The van der Waals surface area contributed by atoms with Crippen LogP contribution in [-0.4, -0.2) is 40.7 Å². The third kappa shape index (κ3) is 9.05. The molecular weight excluding hydrogens is 202 g/mol. The van der Waals surface area contributed by atoms with Gasteiger partial charge in [-0.25, -0.2) is 0 Å². The second-order valence-corrected chi connectivity index (χ2v) is 5.60. The highest BCUT2D eigenvalue weighted by Gasteiger charge is 2.13. The maximum Gasteiger partial charge on any atom is 0.0590 e. The first-order chi connectivity index (χ1) is 6.95. The number of nitrogens with one attached hydrogen (secondary N) is 3. The molecule has 0 heterocycles. The molecule has 1 unspecified atom stereocenters. The number of hydrogen-bond donors (Lipinski definition) is 3. The van der Waals surface area contributed by atoms with E-state index in [1.54, 1.807) is 0 Å². The molecule has 0 aliphatic carbocycles. The molecule has 0 bridgehead atoms. The Bertz CT molecular complexity index is 141. The fraction of sp³-hybridized carbons (Fsp3) is 1.00. The smallest absolute Gasteiger partial charge is 0.0590 e. The summed E-state index contributed by atoms with van der Waals surface area (Å²) >= 11 is 0. The van der Waals surface area contributed by atoms with Crippen molar-refractivity contribution in [1.82, 2.24) is 16.0 Å². The molecule has 4 heteroatoms. The zero-order chi connectivity index (χ0) is 11.8. The van der Waals surface area contributed by atoms with Crippen molar-refractivity contribution in [3.8, 4) is 0 Å². The van der Waals surface area contributed by atoms with E-state index in [0.29, 0.717) is 24.3 Å². The predicted octanol–water partition coefficient (Wildman–Crippen LogP) is -0.000400. The van der Waals surface area contributed by atoms with Crippen LogP contribution in [0.3, 0.4) is 0 Å². The van der Waals surface area contributed by atoms with Crippen LogP contribution in [0.1, 0.15) is 41.0 Å². The molecule has 0 amide bonds. The minimum atomic E-state index is 0.417. The van der Waals surface area contributed by atoms with Gasteiger partial charge in [0.15, 0.2) is 0 Å². The van der Waals surface area contributed by atoms with Crippen molar-refractivity contribution in [1.29, 1.82) is 0 Å². The summed E-state index contributed by atoms with van der Waals surface area (Å²) in [6.45, 7) is 11.0. The van der Waals surface area contributed by atoms with Gasteiger partial charge >= 0.3 is 0 Å². The van der Waals surface area contributed by atoms with E-state index in [1.807, 2.05) is 0 Å². The average molecular weight is 231 g/mol. The molecule has 0 saturated carbocycles. The molecule has 3 N–H and O–H groups in total. The summed E-state index contributed by atoms with van der Waals surface area (Å²) in [4.78, 5) is 0. The van der Waals surface area contributed by atoms with Gasteiger partial charge in [0.25, 0.3) is 0 Å². The lowest BCUT2D eigenvalue weighted by molar-refractivity contribution is 0.321. The van der Waals surface area contributed by atoms with E-state index in [-0.39, 0.29) is 0 Å². The van der Waals surface area contributed by atoms with Crippen molar-refractivity contribution < 1.29 is 0 Å². The maximum absolute atomic E-state index is 3.56. The first-order valence-electron chi connectivity index (χ1n) is 6.21. The van der Waals surface area contributed by atoms with E-state index in [2.05, 4.69) is 50.6 Å². The van der Waals surface area contributed by atoms with Crippen molar-refractivity contribution in [3.05, 3.63) is 0 Å². The molecule has 92 valence electrons. The molecule has 0 aliphatic rings. The highest BCUT2D eigenvalue weighted by molar-refractivity contribution is 6.08. The second kappa shape index (κ2) is 8.27. The van der Waals surface area contributed by atoms with Gasteiger partial charge in [-0.3, -0.25) is 10.6 Å². The van der Waals surface area contributed by atoms with Crippen LogP contribution in [0.2, 0.25) is 0 Å². The van der Waals surface area contributed by atoms with E-state index < -0.39 is 0 Å². The average Bonchev–Trinajstić information content (AvgIpc) is 2.00. The van der Waals surface area contributed by atoms with Crippen molar-refractivity contribution in [2.45, 2.75) is 65.3 Å². The summed E-state index contributed by atoms with van der Waals surface area (Å²) in [5, 5.41) is 10.6. The Balaban J connectivity index is 3.99. The topological polar surface area (TPSA) is 36.1 Å². The van der Waals surface area contributed by atoms with Gasteiger partial charge in [0, 0.05) is 28.4 Å². The van der Waals surface area contributed by atoms with Gasteiger partial charge in [0.2, 0.25) is 0 Å². The summed E-state index contributed by atoms with van der Waals surface area (Å²) in [7, 11) is 1.23.